The van der Waals surface area contributed by atoms with Gasteiger partial charge in [0.1, 0.15) is 5.60 Å². The number of methoxy groups -OCH3 is 1. The zero-order valence-corrected chi connectivity index (χ0v) is 20.3. The number of fused-ring (bicyclic) bond motifs is 5. The Morgan fingerprint density at radius 1 is 1.12 bits per heavy atom. The number of carbonyl (C=O) groups excluding carboxylic acids is 3. The van der Waals surface area contributed by atoms with Crippen molar-refractivity contribution in [3.63, 3.8) is 0 Å². The Balaban J connectivity index is 1.56. The van der Waals surface area contributed by atoms with Crippen LogP contribution in [0.3, 0.4) is 0 Å². The van der Waals surface area contributed by atoms with E-state index in [0.717, 1.165) is 19.3 Å². The first-order valence-electron chi connectivity index (χ1n) is 12.4. The van der Waals surface area contributed by atoms with Gasteiger partial charge in [0.25, 0.3) is 0 Å². The van der Waals surface area contributed by atoms with Crippen LogP contribution in [0.1, 0.15) is 71.6 Å². The molecule has 0 saturated heterocycles. The summed E-state index contributed by atoms with van der Waals surface area (Å²) in [4.78, 5) is 47.8. The number of Topliss-reactive ketones (excluding diaryl/α,β-unsaturated/α-hetero) is 1. The summed E-state index contributed by atoms with van der Waals surface area (Å²) in [7, 11) is 1.68. The smallest absolute Gasteiger partial charge is 0.306 e. The Morgan fingerprint density at radius 3 is 2.53 bits per heavy atom. The highest BCUT2D eigenvalue weighted by molar-refractivity contribution is 5.92. The minimum absolute atomic E-state index is 0.122. The summed E-state index contributed by atoms with van der Waals surface area (Å²) in [5.41, 5.74) is -1.26. The third kappa shape index (κ3) is 3.83. The van der Waals surface area contributed by atoms with Crippen molar-refractivity contribution in [2.24, 2.45) is 28.6 Å². The molecule has 0 amide bonds. The van der Waals surface area contributed by atoms with E-state index in [1.165, 1.54) is 5.57 Å². The lowest BCUT2D eigenvalue weighted by Crippen LogP contribution is -2.62. The number of rotatable bonds is 7. The van der Waals surface area contributed by atoms with Gasteiger partial charge in [-0.05, 0) is 67.8 Å². The van der Waals surface area contributed by atoms with Crippen LogP contribution in [-0.2, 0) is 28.7 Å². The first-order valence-corrected chi connectivity index (χ1v) is 12.4. The molecule has 0 bridgehead atoms. The molecule has 0 aromatic carbocycles. The third-order valence-electron chi connectivity index (χ3n) is 9.70. The second-order valence-electron chi connectivity index (χ2n) is 11.2. The summed E-state index contributed by atoms with van der Waals surface area (Å²) in [5.74, 6) is -1.61. The van der Waals surface area contributed by atoms with E-state index in [9.17, 15) is 24.3 Å². The van der Waals surface area contributed by atoms with Crippen LogP contribution in [-0.4, -0.2) is 59.1 Å². The van der Waals surface area contributed by atoms with Crippen molar-refractivity contribution in [3.05, 3.63) is 11.6 Å². The van der Waals surface area contributed by atoms with Gasteiger partial charge in [0.05, 0.1) is 18.9 Å². The molecule has 3 saturated carbocycles. The molecule has 8 nitrogen and oxygen atoms in total. The summed E-state index contributed by atoms with van der Waals surface area (Å²) in [6.07, 6.45) is 5.61. The Morgan fingerprint density at radius 2 is 1.85 bits per heavy atom. The predicted octanol–water partition coefficient (Wildman–Crippen LogP) is 2.85. The molecule has 0 heterocycles. The molecule has 8 heteroatoms. The lowest BCUT2D eigenvalue weighted by atomic mass is 9.45. The average Bonchev–Trinajstić information content (AvgIpc) is 3.07. The van der Waals surface area contributed by atoms with Crippen molar-refractivity contribution in [1.29, 1.82) is 0 Å². The Labute approximate surface area is 200 Å². The summed E-state index contributed by atoms with van der Waals surface area (Å²) in [5, 5.41) is 20.5. The minimum Gasteiger partial charge on any atom is -0.481 e. The molecule has 4 aliphatic carbocycles. The third-order valence-corrected chi connectivity index (χ3v) is 9.70. The molecule has 7 atom stereocenters. The number of hydrogen-bond donors (Lipinski definition) is 2. The molecule has 34 heavy (non-hydrogen) atoms. The number of esters is 1. The van der Waals surface area contributed by atoms with Crippen LogP contribution < -0.4 is 0 Å². The fourth-order valence-electron chi connectivity index (χ4n) is 7.89. The van der Waals surface area contributed by atoms with Gasteiger partial charge in [0.2, 0.25) is 5.78 Å². The summed E-state index contributed by atoms with van der Waals surface area (Å²) in [6.45, 7) is 3.66. The second kappa shape index (κ2) is 8.86. The van der Waals surface area contributed by atoms with E-state index in [-0.39, 0.29) is 47.9 Å². The highest BCUT2D eigenvalue weighted by Crippen LogP contribution is 2.68. The van der Waals surface area contributed by atoms with Crippen LogP contribution >= 0.6 is 0 Å². The summed E-state index contributed by atoms with van der Waals surface area (Å²) >= 11 is 0. The van der Waals surface area contributed by atoms with Crippen molar-refractivity contribution in [1.82, 2.24) is 0 Å². The maximum absolute atomic E-state index is 13.2. The van der Waals surface area contributed by atoms with E-state index >= 15 is 0 Å². The number of aliphatic carboxylic acids is 1. The standard InChI is InChI=1S/C26H36O8/c1-24-10-8-16(27)12-15(24)4-5-17-18-9-11-26(32,25(18,2)13-19(33-3)23(17)24)20(28)14-34-22(31)7-6-21(29)30/h12,17-19,23,32H,4-11,13-14H2,1-3H3,(H,29,30)/t17-,18-,19?,23+,24-,25-,26-/m0/s1. The van der Waals surface area contributed by atoms with Gasteiger partial charge in [-0.1, -0.05) is 19.4 Å². The van der Waals surface area contributed by atoms with Crippen LogP contribution in [0.2, 0.25) is 0 Å². The zero-order valence-electron chi connectivity index (χ0n) is 20.3. The normalized spacial score (nSPS) is 41.1. The molecule has 1 unspecified atom stereocenters. The topological polar surface area (TPSA) is 127 Å². The minimum atomic E-state index is -1.63. The number of aliphatic hydroxyl groups is 1. The van der Waals surface area contributed by atoms with Crippen molar-refractivity contribution in [2.75, 3.05) is 13.7 Å². The highest BCUT2D eigenvalue weighted by Gasteiger charge is 2.68. The van der Waals surface area contributed by atoms with Gasteiger partial charge >= 0.3 is 11.9 Å². The molecular weight excluding hydrogens is 440 g/mol. The highest BCUT2D eigenvalue weighted by atomic mass is 16.5. The maximum atomic E-state index is 13.2. The Kier molecular flexibility index (Phi) is 6.53. The van der Waals surface area contributed by atoms with Gasteiger partial charge in [0, 0.05) is 18.9 Å². The van der Waals surface area contributed by atoms with Crippen LogP contribution in [0.15, 0.2) is 11.6 Å². The molecular formula is C26H36O8. The van der Waals surface area contributed by atoms with Gasteiger partial charge in [-0.25, -0.2) is 0 Å². The first kappa shape index (κ1) is 25.0. The second-order valence-corrected chi connectivity index (χ2v) is 11.2. The zero-order chi connectivity index (χ0) is 24.9. The van der Waals surface area contributed by atoms with Crippen LogP contribution in [0.5, 0.6) is 0 Å². The van der Waals surface area contributed by atoms with Crippen LogP contribution in [0.4, 0.5) is 0 Å². The number of hydrogen-bond acceptors (Lipinski definition) is 7. The van der Waals surface area contributed by atoms with Gasteiger partial charge in [-0.15, -0.1) is 0 Å². The Bertz CT molecular complexity index is 924. The van der Waals surface area contributed by atoms with Crippen molar-refractivity contribution in [3.8, 4) is 0 Å². The van der Waals surface area contributed by atoms with E-state index in [0.29, 0.717) is 25.7 Å². The fourth-order valence-corrected chi connectivity index (χ4v) is 7.89. The predicted molar refractivity (Wildman–Crippen MR) is 121 cm³/mol. The summed E-state index contributed by atoms with van der Waals surface area (Å²) in [6, 6.07) is 0. The van der Waals surface area contributed by atoms with Crippen LogP contribution in [0.25, 0.3) is 0 Å². The van der Waals surface area contributed by atoms with Gasteiger partial charge in [0.15, 0.2) is 12.4 Å². The molecule has 0 aliphatic heterocycles. The fraction of sp³-hybridized carbons (Fsp3) is 0.769. The lowest BCUT2D eigenvalue weighted by molar-refractivity contribution is -0.188. The molecule has 0 radical (unpaired) electrons. The van der Waals surface area contributed by atoms with Crippen molar-refractivity contribution in [2.45, 2.75) is 83.3 Å². The monoisotopic (exact) mass is 476 g/mol. The average molecular weight is 477 g/mol. The lowest BCUT2D eigenvalue weighted by Gasteiger charge is -2.61. The number of ketones is 2. The van der Waals surface area contributed by atoms with Gasteiger partial charge in [-0.3, -0.25) is 19.2 Å². The van der Waals surface area contributed by atoms with Crippen molar-refractivity contribution >= 4 is 23.5 Å². The van der Waals surface area contributed by atoms with Gasteiger partial charge < -0.3 is 19.7 Å². The number of carboxylic acid groups (broad SMARTS) is 1. The van der Waals surface area contributed by atoms with E-state index in [2.05, 4.69) is 6.92 Å². The largest absolute Gasteiger partial charge is 0.481 e. The molecule has 0 spiro atoms. The van der Waals surface area contributed by atoms with E-state index < -0.39 is 35.3 Å². The molecule has 4 aliphatic rings. The number of carbonyl (C=O) groups is 4. The summed E-state index contributed by atoms with van der Waals surface area (Å²) < 4.78 is 11.1. The Hall–Kier alpha value is -2.06. The SMILES string of the molecule is COC1C[C@@]2(C)[C@@H](CC[C@]2(O)C(=O)COC(=O)CCC(=O)O)[C@@H]2CCC3=CC(=O)CC[C@]3(C)[C@@H]12. The molecule has 188 valence electrons. The molecule has 2 N–H and O–H groups in total. The number of allylic oxidation sites excluding steroid dienone is 1. The number of ether oxygens (including phenoxy) is 2. The molecule has 4 rings (SSSR count). The van der Waals surface area contributed by atoms with E-state index in [4.69, 9.17) is 14.6 Å². The van der Waals surface area contributed by atoms with Crippen LogP contribution in [0, 0.1) is 28.6 Å². The molecule has 0 aromatic rings. The van der Waals surface area contributed by atoms with E-state index in [1.807, 2.05) is 13.0 Å². The van der Waals surface area contributed by atoms with E-state index in [1.54, 1.807) is 7.11 Å². The van der Waals surface area contributed by atoms with Crippen molar-refractivity contribution < 1.29 is 38.9 Å². The number of carboxylic acids is 1. The molecule has 3 fully saturated rings. The quantitative estimate of drug-likeness (QED) is 0.537. The molecule has 0 aromatic heterocycles. The maximum Gasteiger partial charge on any atom is 0.306 e. The first-order chi connectivity index (χ1) is 16.0. The van der Waals surface area contributed by atoms with Gasteiger partial charge in [-0.2, -0.15) is 0 Å².